The number of nitrogens with one attached hydrogen (secondary N) is 1. The van der Waals surface area contributed by atoms with E-state index >= 15 is 0 Å². The molecule has 0 aromatic carbocycles. The van der Waals surface area contributed by atoms with Gasteiger partial charge in [0.2, 0.25) is 5.91 Å². The van der Waals surface area contributed by atoms with E-state index in [1.54, 1.807) is 6.08 Å². The summed E-state index contributed by atoms with van der Waals surface area (Å²) in [4.78, 5) is 12.3. The van der Waals surface area contributed by atoms with Crippen molar-refractivity contribution in [2.45, 2.75) is 12.5 Å². The highest BCUT2D eigenvalue weighted by Crippen LogP contribution is 2.16. The molecule has 14 heavy (non-hydrogen) atoms. The number of carbonyl (C=O) groups is 1. The van der Waals surface area contributed by atoms with Crippen LogP contribution in [0.1, 0.15) is 17.3 Å². The summed E-state index contributed by atoms with van der Waals surface area (Å²) in [7, 11) is 0. The van der Waals surface area contributed by atoms with Crippen LogP contribution in [0.5, 0.6) is 0 Å². The van der Waals surface area contributed by atoms with Gasteiger partial charge in [-0.3, -0.25) is 4.79 Å². The molecule has 0 spiro atoms. The molecule has 0 radical (unpaired) electrons. The lowest BCUT2D eigenvalue weighted by Crippen LogP contribution is -2.34. The number of carbonyl (C=O) groups excluding carboxylic acids is 1. The zero-order chi connectivity index (χ0) is 10.4. The van der Waals surface area contributed by atoms with E-state index in [2.05, 4.69) is 11.9 Å². The van der Waals surface area contributed by atoms with Crippen molar-refractivity contribution < 1.29 is 4.79 Å². The molecule has 3 nitrogen and oxygen atoms in total. The molecule has 0 bridgehead atoms. The molecule has 1 amide bonds. The van der Waals surface area contributed by atoms with Crippen LogP contribution in [-0.2, 0) is 4.79 Å². The van der Waals surface area contributed by atoms with Gasteiger partial charge in [0.1, 0.15) is 6.04 Å². The van der Waals surface area contributed by atoms with Gasteiger partial charge in [-0.25, -0.2) is 0 Å². The first-order valence-electron chi connectivity index (χ1n) is 4.43. The molecule has 0 aliphatic carbocycles. The summed E-state index contributed by atoms with van der Waals surface area (Å²) in [6.45, 7) is 4.17. The average Bonchev–Trinajstić information content (AvgIpc) is 2.69. The quantitative estimate of drug-likeness (QED) is 0.570. The normalized spacial score (nSPS) is 12.1. The van der Waals surface area contributed by atoms with Gasteiger partial charge in [-0.05, 0) is 17.9 Å². The van der Waals surface area contributed by atoms with Crippen LogP contribution in [0.4, 0.5) is 0 Å². The third-order valence-electron chi connectivity index (χ3n) is 1.78. The summed E-state index contributed by atoms with van der Waals surface area (Å²) >= 11 is 1.49. The molecule has 1 aromatic heterocycles. The summed E-state index contributed by atoms with van der Waals surface area (Å²) in [6.07, 6.45) is 2.53. The number of nitrogens with two attached hydrogens (primary N) is 1. The minimum Gasteiger partial charge on any atom is -0.354 e. The molecule has 1 unspecified atom stereocenters. The predicted octanol–water partition coefficient (Wildman–Crippen LogP) is 1.44. The zero-order valence-corrected chi connectivity index (χ0v) is 8.72. The third-order valence-corrected chi connectivity index (χ3v) is 2.74. The highest BCUT2D eigenvalue weighted by molar-refractivity contribution is 7.10. The van der Waals surface area contributed by atoms with E-state index in [0.29, 0.717) is 6.54 Å². The van der Waals surface area contributed by atoms with Gasteiger partial charge in [-0.15, -0.1) is 17.9 Å². The fourth-order valence-corrected chi connectivity index (χ4v) is 1.73. The lowest BCUT2D eigenvalue weighted by atomic mass is 10.2. The Morgan fingerprint density at radius 1 is 1.79 bits per heavy atom. The minimum absolute atomic E-state index is 0.130. The van der Waals surface area contributed by atoms with E-state index in [1.165, 1.54) is 11.3 Å². The summed E-state index contributed by atoms with van der Waals surface area (Å²) in [5, 5.41) is 4.65. The molecular formula is C10H14N2OS. The van der Waals surface area contributed by atoms with E-state index in [-0.39, 0.29) is 5.91 Å². The van der Waals surface area contributed by atoms with Crippen molar-refractivity contribution >= 4 is 17.2 Å². The van der Waals surface area contributed by atoms with Crippen molar-refractivity contribution in [3.8, 4) is 0 Å². The molecule has 1 heterocycles. The molecule has 76 valence electrons. The Balaban J connectivity index is 2.41. The maximum Gasteiger partial charge on any atom is 0.242 e. The van der Waals surface area contributed by atoms with Gasteiger partial charge in [0.25, 0.3) is 0 Å². The zero-order valence-electron chi connectivity index (χ0n) is 7.90. The first-order chi connectivity index (χ1) is 6.75. The molecule has 3 N–H and O–H groups in total. The largest absolute Gasteiger partial charge is 0.354 e. The molecule has 0 aliphatic heterocycles. The Labute approximate surface area is 87.6 Å². The van der Waals surface area contributed by atoms with Gasteiger partial charge < -0.3 is 11.1 Å². The van der Waals surface area contributed by atoms with Crippen LogP contribution in [0.3, 0.4) is 0 Å². The van der Waals surface area contributed by atoms with Crippen LogP contribution in [0, 0.1) is 0 Å². The van der Waals surface area contributed by atoms with Crippen molar-refractivity contribution in [3.63, 3.8) is 0 Å². The van der Waals surface area contributed by atoms with Crippen LogP contribution >= 0.6 is 11.3 Å². The van der Waals surface area contributed by atoms with Crippen LogP contribution < -0.4 is 11.1 Å². The van der Waals surface area contributed by atoms with E-state index in [1.807, 2.05) is 17.5 Å². The van der Waals surface area contributed by atoms with Gasteiger partial charge in [0.15, 0.2) is 0 Å². The lowest BCUT2D eigenvalue weighted by Gasteiger charge is -2.09. The standard InChI is InChI=1S/C10H14N2OS/c1-2-3-6-12-10(13)9(11)8-5-4-7-14-8/h2,4-5,7,9H,1,3,6,11H2,(H,12,13). The summed E-state index contributed by atoms with van der Waals surface area (Å²) < 4.78 is 0. The Morgan fingerprint density at radius 2 is 2.57 bits per heavy atom. The summed E-state index contributed by atoms with van der Waals surface area (Å²) in [5.41, 5.74) is 5.74. The van der Waals surface area contributed by atoms with Crippen molar-refractivity contribution in [1.82, 2.24) is 5.32 Å². The molecule has 1 aromatic rings. The molecule has 4 heteroatoms. The van der Waals surface area contributed by atoms with E-state index in [9.17, 15) is 4.79 Å². The van der Waals surface area contributed by atoms with Crippen molar-refractivity contribution in [1.29, 1.82) is 0 Å². The summed E-state index contributed by atoms with van der Waals surface area (Å²) in [5.74, 6) is -0.130. The van der Waals surface area contributed by atoms with Gasteiger partial charge >= 0.3 is 0 Å². The summed E-state index contributed by atoms with van der Waals surface area (Å²) in [6, 6.07) is 3.21. The molecule has 1 atom stereocenters. The second-order valence-electron chi connectivity index (χ2n) is 2.86. The molecule has 0 aliphatic rings. The Bertz CT molecular complexity index is 295. The highest BCUT2D eigenvalue weighted by Gasteiger charge is 2.15. The fraction of sp³-hybridized carbons (Fsp3) is 0.300. The fourth-order valence-electron chi connectivity index (χ4n) is 1.00. The second-order valence-corrected chi connectivity index (χ2v) is 3.84. The number of hydrogen-bond acceptors (Lipinski definition) is 3. The van der Waals surface area contributed by atoms with Crippen molar-refractivity contribution in [3.05, 3.63) is 35.0 Å². The first kappa shape index (κ1) is 10.9. The van der Waals surface area contributed by atoms with Crippen LogP contribution in [0.2, 0.25) is 0 Å². The molecule has 0 saturated carbocycles. The van der Waals surface area contributed by atoms with Crippen molar-refractivity contribution in [2.24, 2.45) is 5.73 Å². The molecule has 0 saturated heterocycles. The van der Waals surface area contributed by atoms with Crippen LogP contribution in [0.15, 0.2) is 30.2 Å². The van der Waals surface area contributed by atoms with Gasteiger partial charge in [-0.1, -0.05) is 12.1 Å². The van der Waals surface area contributed by atoms with E-state index < -0.39 is 6.04 Å². The van der Waals surface area contributed by atoms with Crippen molar-refractivity contribution in [2.75, 3.05) is 6.54 Å². The smallest absolute Gasteiger partial charge is 0.242 e. The maximum absolute atomic E-state index is 11.5. The number of thiophene rings is 1. The minimum atomic E-state index is -0.542. The highest BCUT2D eigenvalue weighted by atomic mass is 32.1. The van der Waals surface area contributed by atoms with Gasteiger partial charge in [0, 0.05) is 11.4 Å². The number of hydrogen-bond donors (Lipinski definition) is 2. The Hall–Kier alpha value is -1.13. The SMILES string of the molecule is C=CCCNC(=O)C(N)c1cccs1. The predicted molar refractivity (Wildman–Crippen MR) is 59.1 cm³/mol. The number of amides is 1. The third kappa shape index (κ3) is 2.97. The Morgan fingerprint density at radius 3 is 3.14 bits per heavy atom. The van der Waals surface area contributed by atoms with E-state index in [0.717, 1.165) is 11.3 Å². The maximum atomic E-state index is 11.5. The van der Waals surface area contributed by atoms with Gasteiger partial charge in [-0.2, -0.15) is 0 Å². The van der Waals surface area contributed by atoms with Crippen LogP contribution in [-0.4, -0.2) is 12.5 Å². The van der Waals surface area contributed by atoms with Crippen LogP contribution in [0.25, 0.3) is 0 Å². The Kier molecular flexibility index (Phi) is 4.35. The topological polar surface area (TPSA) is 55.1 Å². The first-order valence-corrected chi connectivity index (χ1v) is 5.31. The number of rotatable bonds is 5. The second kappa shape index (κ2) is 5.57. The molecular weight excluding hydrogens is 196 g/mol. The van der Waals surface area contributed by atoms with Gasteiger partial charge in [0.05, 0.1) is 0 Å². The monoisotopic (exact) mass is 210 g/mol. The molecule has 0 fully saturated rings. The molecule has 1 rings (SSSR count). The van der Waals surface area contributed by atoms with E-state index in [4.69, 9.17) is 5.73 Å². The average molecular weight is 210 g/mol. The lowest BCUT2D eigenvalue weighted by molar-refractivity contribution is -0.122.